The Kier molecular flexibility index (Phi) is 3.67. The van der Waals surface area contributed by atoms with Gasteiger partial charge in [-0.3, -0.25) is 0 Å². The van der Waals surface area contributed by atoms with Crippen LogP contribution in [0.1, 0.15) is 37.3 Å². The second kappa shape index (κ2) is 5.21. The van der Waals surface area contributed by atoms with E-state index in [1.54, 1.807) is 7.11 Å². The molecule has 0 radical (unpaired) electrons. The van der Waals surface area contributed by atoms with Crippen LogP contribution in [0.25, 0.3) is 0 Å². The highest BCUT2D eigenvalue weighted by Crippen LogP contribution is 2.33. The summed E-state index contributed by atoms with van der Waals surface area (Å²) in [6, 6.07) is 5.87. The van der Waals surface area contributed by atoms with Crippen LogP contribution in [0, 0.1) is 0 Å². The van der Waals surface area contributed by atoms with Gasteiger partial charge in [0.15, 0.2) is 0 Å². The Morgan fingerprint density at radius 2 is 2.06 bits per heavy atom. The third-order valence-corrected chi connectivity index (χ3v) is 2.66. The molecule has 2 N–H and O–H groups in total. The van der Waals surface area contributed by atoms with E-state index in [-0.39, 0.29) is 6.04 Å². The zero-order chi connectivity index (χ0) is 11.4. The molecule has 0 spiro atoms. The van der Waals surface area contributed by atoms with Crippen molar-refractivity contribution in [3.8, 4) is 11.5 Å². The highest BCUT2D eigenvalue weighted by Gasteiger charge is 2.17. The first-order valence-corrected chi connectivity index (χ1v) is 5.87. The molecule has 16 heavy (non-hydrogen) atoms. The first-order chi connectivity index (χ1) is 7.81. The number of rotatable bonds is 1. The minimum atomic E-state index is 0.106. The van der Waals surface area contributed by atoms with E-state index in [0.29, 0.717) is 6.61 Å². The van der Waals surface area contributed by atoms with Crippen molar-refractivity contribution in [2.45, 2.75) is 31.7 Å². The molecule has 0 bridgehead atoms. The molecule has 0 amide bonds. The van der Waals surface area contributed by atoms with E-state index < -0.39 is 0 Å². The van der Waals surface area contributed by atoms with Gasteiger partial charge in [-0.05, 0) is 6.07 Å². The lowest BCUT2D eigenvalue weighted by molar-refractivity contribution is 0.267. The second-order valence-electron chi connectivity index (χ2n) is 4.21. The van der Waals surface area contributed by atoms with Gasteiger partial charge < -0.3 is 15.2 Å². The fourth-order valence-corrected chi connectivity index (χ4v) is 1.52. The van der Waals surface area contributed by atoms with Gasteiger partial charge in [-0.1, -0.05) is 25.3 Å². The summed E-state index contributed by atoms with van der Waals surface area (Å²) in [6.07, 6.45) is 5.39. The predicted molar refractivity (Wildman–Crippen MR) is 63.9 cm³/mol. The van der Waals surface area contributed by atoms with E-state index >= 15 is 0 Å². The van der Waals surface area contributed by atoms with Crippen LogP contribution in [0.4, 0.5) is 0 Å². The first kappa shape index (κ1) is 11.3. The molecule has 1 aromatic carbocycles. The van der Waals surface area contributed by atoms with Gasteiger partial charge in [0.2, 0.25) is 0 Å². The Morgan fingerprint density at radius 1 is 1.31 bits per heavy atom. The number of ether oxygens (including phenoxy) is 2. The maximum atomic E-state index is 5.92. The first-order valence-electron chi connectivity index (χ1n) is 5.87. The van der Waals surface area contributed by atoms with Crippen LogP contribution >= 0.6 is 0 Å². The van der Waals surface area contributed by atoms with Crippen LogP contribution in [-0.2, 0) is 0 Å². The van der Waals surface area contributed by atoms with Gasteiger partial charge >= 0.3 is 0 Å². The molecule has 1 aliphatic carbocycles. The van der Waals surface area contributed by atoms with E-state index in [4.69, 9.17) is 15.2 Å². The Morgan fingerprint density at radius 3 is 2.69 bits per heavy atom. The highest BCUT2D eigenvalue weighted by atomic mass is 16.5. The molecule has 1 fully saturated rings. The summed E-state index contributed by atoms with van der Waals surface area (Å²) in [7, 11) is 1.64. The molecule has 1 atom stereocenters. The Balaban J connectivity index is 0.000000278. The molecular weight excluding hydrogens is 202 g/mol. The summed E-state index contributed by atoms with van der Waals surface area (Å²) in [5, 5.41) is 0. The largest absolute Gasteiger partial charge is 0.497 e. The summed E-state index contributed by atoms with van der Waals surface area (Å²) in [5.74, 6) is 1.67. The van der Waals surface area contributed by atoms with E-state index in [9.17, 15) is 0 Å². The van der Waals surface area contributed by atoms with Gasteiger partial charge in [0.25, 0.3) is 0 Å². The standard InChI is InChI=1S/C10H13NO2.C3H6/c1-12-7-2-3-8-9(11)4-5-13-10(8)6-7;1-2-3-1/h2-3,6,9H,4-5,11H2,1H3;1-3H2. The molecular formula is C13H19NO2. The van der Waals surface area contributed by atoms with Gasteiger partial charge in [0.1, 0.15) is 11.5 Å². The van der Waals surface area contributed by atoms with Gasteiger partial charge in [0.05, 0.1) is 13.7 Å². The molecule has 1 aromatic rings. The van der Waals surface area contributed by atoms with Crippen LogP contribution < -0.4 is 15.2 Å². The highest BCUT2D eigenvalue weighted by molar-refractivity contribution is 5.43. The van der Waals surface area contributed by atoms with Crippen molar-refractivity contribution in [3.05, 3.63) is 23.8 Å². The lowest BCUT2D eigenvalue weighted by Gasteiger charge is -2.23. The smallest absolute Gasteiger partial charge is 0.127 e. The van der Waals surface area contributed by atoms with Crippen LogP contribution in [0.2, 0.25) is 0 Å². The Labute approximate surface area is 96.5 Å². The molecule has 88 valence electrons. The maximum absolute atomic E-state index is 5.92. The van der Waals surface area contributed by atoms with Crippen molar-refractivity contribution in [3.63, 3.8) is 0 Å². The monoisotopic (exact) mass is 221 g/mol. The third kappa shape index (κ3) is 2.89. The topological polar surface area (TPSA) is 44.5 Å². The lowest BCUT2D eigenvalue weighted by atomic mass is 10.0. The molecule has 1 heterocycles. The number of nitrogens with two attached hydrogens (primary N) is 1. The van der Waals surface area contributed by atoms with Crippen LogP contribution in [0.3, 0.4) is 0 Å². The number of hydrogen-bond donors (Lipinski definition) is 1. The molecule has 1 saturated carbocycles. The zero-order valence-corrected chi connectivity index (χ0v) is 9.74. The van der Waals surface area contributed by atoms with Crippen LogP contribution in [0.5, 0.6) is 11.5 Å². The molecule has 0 aromatic heterocycles. The fourth-order valence-electron chi connectivity index (χ4n) is 1.52. The number of benzene rings is 1. The van der Waals surface area contributed by atoms with Crippen molar-refractivity contribution in [1.29, 1.82) is 0 Å². The van der Waals surface area contributed by atoms with Crippen molar-refractivity contribution in [2.75, 3.05) is 13.7 Å². The Hall–Kier alpha value is -1.22. The number of methoxy groups -OCH3 is 1. The predicted octanol–water partition coefficient (Wildman–Crippen LogP) is 2.65. The fraction of sp³-hybridized carbons (Fsp3) is 0.538. The molecule has 1 unspecified atom stereocenters. The average Bonchev–Trinajstić information content (AvgIpc) is 3.16. The summed E-state index contributed by atoms with van der Waals surface area (Å²) in [6.45, 7) is 0.696. The summed E-state index contributed by atoms with van der Waals surface area (Å²) in [5.41, 5.74) is 6.99. The van der Waals surface area contributed by atoms with Crippen LogP contribution in [-0.4, -0.2) is 13.7 Å². The zero-order valence-electron chi connectivity index (χ0n) is 9.74. The maximum Gasteiger partial charge on any atom is 0.127 e. The van der Waals surface area contributed by atoms with Gasteiger partial charge in [-0.25, -0.2) is 0 Å². The number of hydrogen-bond acceptors (Lipinski definition) is 3. The van der Waals surface area contributed by atoms with Crippen molar-refractivity contribution < 1.29 is 9.47 Å². The molecule has 3 heteroatoms. The summed E-state index contributed by atoms with van der Waals surface area (Å²) in [4.78, 5) is 0. The molecule has 2 aliphatic rings. The van der Waals surface area contributed by atoms with Crippen molar-refractivity contribution >= 4 is 0 Å². The van der Waals surface area contributed by atoms with Gasteiger partial charge in [0, 0.05) is 24.1 Å². The van der Waals surface area contributed by atoms with Crippen molar-refractivity contribution in [2.24, 2.45) is 5.73 Å². The third-order valence-electron chi connectivity index (χ3n) is 2.66. The molecule has 3 nitrogen and oxygen atoms in total. The van der Waals surface area contributed by atoms with E-state index in [1.807, 2.05) is 18.2 Å². The molecule has 3 rings (SSSR count). The Bertz CT molecular complexity index is 347. The lowest BCUT2D eigenvalue weighted by Crippen LogP contribution is -2.20. The SMILES string of the molecule is C1CC1.COc1ccc2c(c1)OCCC2N. The number of fused-ring (bicyclic) bond motifs is 1. The van der Waals surface area contributed by atoms with E-state index in [2.05, 4.69) is 0 Å². The van der Waals surface area contributed by atoms with Gasteiger partial charge in [-0.2, -0.15) is 0 Å². The normalized spacial score (nSPS) is 21.0. The molecule has 0 saturated heterocycles. The summed E-state index contributed by atoms with van der Waals surface area (Å²) >= 11 is 0. The van der Waals surface area contributed by atoms with Gasteiger partial charge in [-0.15, -0.1) is 0 Å². The van der Waals surface area contributed by atoms with Crippen LogP contribution in [0.15, 0.2) is 18.2 Å². The second-order valence-corrected chi connectivity index (χ2v) is 4.21. The minimum Gasteiger partial charge on any atom is -0.497 e. The van der Waals surface area contributed by atoms with E-state index in [0.717, 1.165) is 23.5 Å². The quantitative estimate of drug-likeness (QED) is 0.793. The van der Waals surface area contributed by atoms with E-state index in [1.165, 1.54) is 19.3 Å². The average molecular weight is 221 g/mol. The molecule has 1 aliphatic heterocycles. The van der Waals surface area contributed by atoms with Crippen molar-refractivity contribution in [1.82, 2.24) is 0 Å². The minimum absolute atomic E-state index is 0.106. The summed E-state index contributed by atoms with van der Waals surface area (Å²) < 4.78 is 10.6.